The van der Waals surface area contributed by atoms with Crippen LogP contribution >= 0.6 is 11.8 Å². The fourth-order valence-electron chi connectivity index (χ4n) is 1.66. The highest BCUT2D eigenvalue weighted by Gasteiger charge is 2.21. The Morgan fingerprint density at radius 2 is 1.95 bits per heavy atom. The predicted octanol–water partition coefficient (Wildman–Crippen LogP) is 3.38. The van der Waals surface area contributed by atoms with Gasteiger partial charge in [0.05, 0.1) is 17.9 Å². The molecule has 1 aromatic heterocycles. The largest absolute Gasteiger partial charge is 0.464 e. The van der Waals surface area contributed by atoms with E-state index in [1.165, 1.54) is 0 Å². The summed E-state index contributed by atoms with van der Waals surface area (Å²) in [7, 11) is 0. The molecule has 0 aliphatic rings. The Hall–Kier alpha value is -0.590. The van der Waals surface area contributed by atoms with Crippen LogP contribution in [0.15, 0.2) is 16.5 Å². The molecule has 19 heavy (non-hydrogen) atoms. The van der Waals surface area contributed by atoms with Crippen LogP contribution in [-0.2, 0) is 12.3 Å². The van der Waals surface area contributed by atoms with Crippen LogP contribution in [0.2, 0.25) is 0 Å². The van der Waals surface area contributed by atoms with Crippen LogP contribution < -0.4 is 5.32 Å². The molecule has 1 aromatic rings. The zero-order valence-corrected chi connectivity index (χ0v) is 12.1. The van der Waals surface area contributed by atoms with Crippen LogP contribution in [0.5, 0.6) is 0 Å². The number of aliphatic hydroxyl groups is 1. The molecule has 1 heterocycles. The van der Waals surface area contributed by atoms with E-state index in [-0.39, 0.29) is 5.75 Å². The van der Waals surface area contributed by atoms with E-state index >= 15 is 0 Å². The number of hydrogen-bond donors (Lipinski definition) is 2. The molecule has 0 amide bonds. The van der Waals surface area contributed by atoms with Gasteiger partial charge in [-0.15, -0.1) is 0 Å². The summed E-state index contributed by atoms with van der Waals surface area (Å²) in [6, 6.07) is 3.48. The van der Waals surface area contributed by atoms with E-state index in [0.29, 0.717) is 49.2 Å². The zero-order valence-electron chi connectivity index (χ0n) is 11.3. The van der Waals surface area contributed by atoms with E-state index in [9.17, 15) is 13.9 Å². The maximum absolute atomic E-state index is 12.0. The van der Waals surface area contributed by atoms with Crippen LogP contribution in [-0.4, -0.2) is 23.0 Å². The summed E-state index contributed by atoms with van der Waals surface area (Å²) >= 11 is 0.546. The molecule has 0 radical (unpaired) electrons. The summed E-state index contributed by atoms with van der Waals surface area (Å²) in [4.78, 5) is 0. The van der Waals surface area contributed by atoms with Crippen LogP contribution in [0.1, 0.15) is 38.2 Å². The molecule has 2 N–H and O–H groups in total. The van der Waals surface area contributed by atoms with Crippen LogP contribution in [0.25, 0.3) is 0 Å². The number of hydrogen-bond acceptors (Lipinski definition) is 4. The molecule has 0 atom stereocenters. The summed E-state index contributed by atoms with van der Waals surface area (Å²) < 4.78 is 29.5. The highest BCUT2D eigenvalue weighted by molar-refractivity contribution is 7.98. The Kier molecular flexibility index (Phi) is 6.82. The molecule has 3 nitrogen and oxygen atoms in total. The molecule has 0 aliphatic carbocycles. The van der Waals surface area contributed by atoms with Crippen LogP contribution in [0, 0.1) is 0 Å². The Labute approximate surface area is 116 Å². The van der Waals surface area contributed by atoms with Crippen molar-refractivity contribution in [3.05, 3.63) is 23.7 Å². The predicted molar refractivity (Wildman–Crippen MR) is 73.2 cm³/mol. The molecule has 0 aliphatic heterocycles. The van der Waals surface area contributed by atoms with Crippen molar-refractivity contribution in [2.24, 2.45) is 0 Å². The highest BCUT2D eigenvalue weighted by Crippen LogP contribution is 2.21. The molecule has 110 valence electrons. The van der Waals surface area contributed by atoms with Gasteiger partial charge in [0, 0.05) is 6.54 Å². The van der Waals surface area contributed by atoms with Crippen molar-refractivity contribution in [1.82, 2.24) is 5.32 Å². The molecule has 0 saturated carbocycles. The van der Waals surface area contributed by atoms with Gasteiger partial charge in [-0.2, -0.15) is 8.78 Å². The standard InChI is InChI=1S/C13H21F2NO2S/c1-3-13(17,4-2)9-16-7-10-5-6-11(18-10)8-19-12(14)15/h5-6,12,16-17H,3-4,7-9H2,1-2H3. The molecular weight excluding hydrogens is 272 g/mol. The minimum Gasteiger partial charge on any atom is -0.464 e. The Bertz CT molecular complexity index is 367. The Balaban J connectivity index is 2.34. The Morgan fingerprint density at radius 1 is 1.32 bits per heavy atom. The van der Waals surface area contributed by atoms with Gasteiger partial charge in [0.25, 0.3) is 5.76 Å². The zero-order chi connectivity index (χ0) is 14.3. The minimum absolute atomic E-state index is 0.172. The maximum atomic E-state index is 12.0. The van der Waals surface area contributed by atoms with Gasteiger partial charge in [-0.05, 0) is 25.0 Å². The molecule has 0 aromatic carbocycles. The summed E-state index contributed by atoms with van der Waals surface area (Å²) in [5.41, 5.74) is -0.694. The first-order valence-corrected chi connectivity index (χ1v) is 7.44. The SMILES string of the molecule is CCC(O)(CC)CNCc1ccc(CSC(F)F)o1. The summed E-state index contributed by atoms with van der Waals surface area (Å²) in [5.74, 6) is -0.968. The third-order valence-corrected chi connectivity index (χ3v) is 3.84. The van der Waals surface area contributed by atoms with Crippen molar-refractivity contribution >= 4 is 11.8 Å². The average molecular weight is 293 g/mol. The van der Waals surface area contributed by atoms with Gasteiger partial charge in [0.15, 0.2) is 0 Å². The maximum Gasteiger partial charge on any atom is 0.284 e. The van der Waals surface area contributed by atoms with Gasteiger partial charge in [-0.25, -0.2) is 0 Å². The van der Waals surface area contributed by atoms with Crippen molar-refractivity contribution < 1.29 is 18.3 Å². The number of nitrogens with one attached hydrogen (secondary N) is 1. The van der Waals surface area contributed by atoms with Crippen molar-refractivity contribution in [2.75, 3.05) is 6.54 Å². The fourth-order valence-corrected chi connectivity index (χ4v) is 2.10. The lowest BCUT2D eigenvalue weighted by atomic mass is 9.98. The Morgan fingerprint density at radius 3 is 2.53 bits per heavy atom. The lowest BCUT2D eigenvalue weighted by Crippen LogP contribution is -2.39. The van der Waals surface area contributed by atoms with E-state index in [1.54, 1.807) is 12.1 Å². The number of rotatable bonds is 9. The smallest absolute Gasteiger partial charge is 0.284 e. The average Bonchev–Trinajstić information content (AvgIpc) is 2.84. The van der Waals surface area contributed by atoms with E-state index in [2.05, 4.69) is 5.32 Å². The van der Waals surface area contributed by atoms with Crippen molar-refractivity contribution in [1.29, 1.82) is 0 Å². The topological polar surface area (TPSA) is 45.4 Å². The minimum atomic E-state index is -2.38. The normalized spacial score (nSPS) is 12.3. The van der Waals surface area contributed by atoms with Crippen LogP contribution in [0.4, 0.5) is 8.78 Å². The third kappa shape index (κ3) is 5.93. The summed E-state index contributed by atoms with van der Waals surface area (Å²) in [5, 5.41) is 13.2. The van der Waals surface area contributed by atoms with Gasteiger partial charge in [0.2, 0.25) is 0 Å². The van der Waals surface area contributed by atoms with Gasteiger partial charge in [-0.1, -0.05) is 25.6 Å². The lowest BCUT2D eigenvalue weighted by Gasteiger charge is -2.25. The van der Waals surface area contributed by atoms with E-state index in [0.717, 1.165) is 0 Å². The summed E-state index contributed by atoms with van der Waals surface area (Å²) in [6.07, 6.45) is 1.37. The second-order valence-electron chi connectivity index (χ2n) is 4.47. The quantitative estimate of drug-likeness (QED) is 0.732. The second kappa shape index (κ2) is 7.87. The number of thioether (sulfide) groups is 1. The second-order valence-corrected chi connectivity index (χ2v) is 5.45. The molecule has 1 rings (SSSR count). The van der Waals surface area contributed by atoms with E-state index < -0.39 is 11.4 Å². The number of furan rings is 1. The first-order valence-electron chi connectivity index (χ1n) is 6.39. The first kappa shape index (κ1) is 16.5. The van der Waals surface area contributed by atoms with Crippen molar-refractivity contribution in [3.8, 4) is 0 Å². The van der Waals surface area contributed by atoms with E-state index in [1.807, 2.05) is 13.8 Å². The molecular formula is C13H21F2NO2S. The molecule has 6 heteroatoms. The molecule has 0 saturated heterocycles. The monoisotopic (exact) mass is 293 g/mol. The van der Waals surface area contributed by atoms with Gasteiger partial charge < -0.3 is 14.8 Å². The molecule has 0 spiro atoms. The highest BCUT2D eigenvalue weighted by atomic mass is 32.2. The number of halogens is 2. The van der Waals surface area contributed by atoms with Crippen molar-refractivity contribution in [2.45, 2.75) is 50.3 Å². The third-order valence-electron chi connectivity index (χ3n) is 3.14. The van der Waals surface area contributed by atoms with E-state index in [4.69, 9.17) is 4.42 Å². The van der Waals surface area contributed by atoms with Crippen molar-refractivity contribution in [3.63, 3.8) is 0 Å². The van der Waals surface area contributed by atoms with Gasteiger partial charge in [0.1, 0.15) is 11.5 Å². The number of alkyl halides is 2. The summed E-state index contributed by atoms with van der Waals surface area (Å²) in [6.45, 7) is 4.86. The molecule has 0 bridgehead atoms. The van der Waals surface area contributed by atoms with Gasteiger partial charge in [-0.3, -0.25) is 0 Å². The first-order chi connectivity index (χ1) is 8.99. The fraction of sp³-hybridized carbons (Fsp3) is 0.692. The lowest BCUT2D eigenvalue weighted by molar-refractivity contribution is 0.0319. The van der Waals surface area contributed by atoms with Crippen LogP contribution in [0.3, 0.4) is 0 Å². The molecule has 0 fully saturated rings. The molecule has 0 unspecified atom stereocenters. The van der Waals surface area contributed by atoms with Gasteiger partial charge >= 0.3 is 0 Å².